The molecule has 0 aromatic heterocycles. The molecule has 2 saturated heterocycles. The minimum atomic E-state index is -2.88. The average molecular weight is 284 g/mol. The van der Waals surface area contributed by atoms with Crippen molar-refractivity contribution in [1.82, 2.24) is 5.32 Å². The van der Waals surface area contributed by atoms with Gasteiger partial charge in [-0.15, -0.1) is 12.4 Å². The molecular formula is C10H18ClNO4S. The summed E-state index contributed by atoms with van der Waals surface area (Å²) in [6.45, 7) is 1.33. The fraction of sp³-hybridized carbons (Fsp3) is 0.900. The molecule has 2 aliphatic rings. The van der Waals surface area contributed by atoms with Gasteiger partial charge in [-0.1, -0.05) is 0 Å². The van der Waals surface area contributed by atoms with E-state index in [1.807, 2.05) is 0 Å². The van der Waals surface area contributed by atoms with Crippen LogP contribution in [0.5, 0.6) is 0 Å². The van der Waals surface area contributed by atoms with Crippen LogP contribution < -0.4 is 5.32 Å². The summed E-state index contributed by atoms with van der Waals surface area (Å²) in [5.74, 6) is -0.0121. The number of esters is 1. The molecule has 0 saturated carbocycles. The van der Waals surface area contributed by atoms with Gasteiger partial charge in [0, 0.05) is 13.1 Å². The number of methoxy groups -OCH3 is 1. The van der Waals surface area contributed by atoms with Crippen LogP contribution in [0.25, 0.3) is 0 Å². The molecule has 2 rings (SSSR count). The zero-order valence-electron chi connectivity index (χ0n) is 9.77. The molecule has 100 valence electrons. The highest BCUT2D eigenvalue weighted by atomic mass is 35.5. The van der Waals surface area contributed by atoms with Crippen molar-refractivity contribution in [2.75, 3.05) is 31.7 Å². The highest BCUT2D eigenvalue weighted by molar-refractivity contribution is 7.91. The van der Waals surface area contributed by atoms with Crippen molar-refractivity contribution in [3.05, 3.63) is 0 Å². The molecule has 1 unspecified atom stereocenters. The summed E-state index contributed by atoms with van der Waals surface area (Å²) in [5, 5.41) is 3.18. The normalized spacial score (nSPS) is 29.6. The van der Waals surface area contributed by atoms with Crippen LogP contribution in [0, 0.1) is 11.3 Å². The Morgan fingerprint density at radius 1 is 1.35 bits per heavy atom. The quantitative estimate of drug-likeness (QED) is 0.686. The molecule has 0 aromatic rings. The molecule has 0 bridgehead atoms. The third-order valence-corrected chi connectivity index (χ3v) is 5.52. The van der Waals surface area contributed by atoms with Crippen molar-refractivity contribution in [3.8, 4) is 0 Å². The fourth-order valence-corrected chi connectivity index (χ4v) is 4.39. The predicted octanol–water partition coefficient (Wildman–Crippen LogP) is -0.00440. The Kier molecular flexibility index (Phi) is 4.43. The minimum absolute atomic E-state index is 0. The van der Waals surface area contributed by atoms with Crippen LogP contribution in [0.4, 0.5) is 0 Å². The summed E-state index contributed by atoms with van der Waals surface area (Å²) in [5.41, 5.74) is -0.196. The Morgan fingerprint density at radius 2 is 1.94 bits per heavy atom. The zero-order valence-corrected chi connectivity index (χ0v) is 11.4. The monoisotopic (exact) mass is 283 g/mol. The van der Waals surface area contributed by atoms with Gasteiger partial charge in [-0.05, 0) is 18.3 Å². The van der Waals surface area contributed by atoms with Gasteiger partial charge in [0.1, 0.15) is 9.84 Å². The van der Waals surface area contributed by atoms with Crippen molar-refractivity contribution in [2.45, 2.75) is 12.8 Å². The van der Waals surface area contributed by atoms with Gasteiger partial charge in [0.25, 0.3) is 0 Å². The number of halogens is 1. The van der Waals surface area contributed by atoms with Crippen LogP contribution in [-0.2, 0) is 19.4 Å². The number of sulfone groups is 1. The minimum Gasteiger partial charge on any atom is -0.469 e. The smallest absolute Gasteiger partial charge is 0.310 e. The van der Waals surface area contributed by atoms with E-state index in [4.69, 9.17) is 4.74 Å². The molecule has 0 radical (unpaired) electrons. The molecule has 2 aliphatic heterocycles. The maximum atomic E-state index is 11.6. The van der Waals surface area contributed by atoms with E-state index >= 15 is 0 Å². The molecule has 2 fully saturated rings. The lowest BCUT2D eigenvalue weighted by atomic mass is 9.73. The first-order valence-corrected chi connectivity index (χ1v) is 7.30. The molecule has 0 amide bonds. The van der Waals surface area contributed by atoms with Gasteiger partial charge >= 0.3 is 5.97 Å². The predicted molar refractivity (Wildman–Crippen MR) is 65.9 cm³/mol. The van der Waals surface area contributed by atoms with E-state index in [9.17, 15) is 13.2 Å². The van der Waals surface area contributed by atoms with Crippen molar-refractivity contribution < 1.29 is 17.9 Å². The van der Waals surface area contributed by atoms with E-state index in [1.165, 1.54) is 7.11 Å². The summed E-state index contributed by atoms with van der Waals surface area (Å²) in [6, 6.07) is 0. The fourth-order valence-electron chi connectivity index (χ4n) is 2.75. The van der Waals surface area contributed by atoms with Crippen LogP contribution in [0.2, 0.25) is 0 Å². The molecule has 1 N–H and O–H groups in total. The Hall–Kier alpha value is -0.330. The molecule has 7 heteroatoms. The van der Waals surface area contributed by atoms with Gasteiger partial charge in [-0.2, -0.15) is 0 Å². The molecular weight excluding hydrogens is 266 g/mol. The van der Waals surface area contributed by atoms with E-state index in [2.05, 4.69) is 5.32 Å². The first-order chi connectivity index (χ1) is 7.49. The van der Waals surface area contributed by atoms with E-state index < -0.39 is 9.84 Å². The van der Waals surface area contributed by atoms with E-state index in [0.29, 0.717) is 19.4 Å². The van der Waals surface area contributed by atoms with Gasteiger partial charge in [0.2, 0.25) is 0 Å². The first kappa shape index (κ1) is 14.7. The number of carbonyl (C=O) groups excluding carboxylic acids is 1. The van der Waals surface area contributed by atoms with Crippen LogP contribution in [0.1, 0.15) is 12.8 Å². The highest BCUT2D eigenvalue weighted by Gasteiger charge is 2.49. The van der Waals surface area contributed by atoms with Crippen LogP contribution in [0.3, 0.4) is 0 Å². The number of rotatable bonds is 1. The van der Waals surface area contributed by atoms with Crippen molar-refractivity contribution in [1.29, 1.82) is 0 Å². The number of hydrogen-bond donors (Lipinski definition) is 1. The van der Waals surface area contributed by atoms with Gasteiger partial charge in [0.05, 0.1) is 24.5 Å². The van der Waals surface area contributed by atoms with E-state index in [0.717, 1.165) is 6.54 Å². The summed E-state index contributed by atoms with van der Waals surface area (Å²) in [6.07, 6.45) is 1.14. The second-order valence-electron chi connectivity index (χ2n) is 4.72. The van der Waals surface area contributed by atoms with E-state index in [-0.39, 0.29) is 41.2 Å². The first-order valence-electron chi connectivity index (χ1n) is 5.48. The molecule has 2 heterocycles. The summed E-state index contributed by atoms with van der Waals surface area (Å²) in [4.78, 5) is 11.6. The Balaban J connectivity index is 0.00000144. The maximum Gasteiger partial charge on any atom is 0.310 e. The van der Waals surface area contributed by atoms with Gasteiger partial charge in [0.15, 0.2) is 0 Å². The molecule has 5 nitrogen and oxygen atoms in total. The van der Waals surface area contributed by atoms with Crippen molar-refractivity contribution >= 4 is 28.2 Å². The maximum absolute atomic E-state index is 11.6. The zero-order chi connectivity index (χ0) is 11.8. The third kappa shape index (κ3) is 2.74. The number of hydrogen-bond acceptors (Lipinski definition) is 5. The number of carbonyl (C=O) groups is 1. The number of nitrogens with one attached hydrogen (secondary N) is 1. The van der Waals surface area contributed by atoms with Crippen molar-refractivity contribution in [2.24, 2.45) is 11.3 Å². The van der Waals surface area contributed by atoms with Crippen molar-refractivity contribution in [3.63, 3.8) is 0 Å². The summed E-state index contributed by atoms with van der Waals surface area (Å²) in [7, 11) is -1.50. The Labute approximate surface area is 108 Å². The lowest BCUT2D eigenvalue weighted by Crippen LogP contribution is -2.42. The SMILES string of the molecule is COC(=O)C1CNCC12CCS(=O)(=O)CC2.Cl. The van der Waals surface area contributed by atoms with Crippen LogP contribution >= 0.6 is 12.4 Å². The highest BCUT2D eigenvalue weighted by Crippen LogP contribution is 2.42. The van der Waals surface area contributed by atoms with Gasteiger partial charge in [-0.25, -0.2) is 8.42 Å². The summed E-state index contributed by atoms with van der Waals surface area (Å²) >= 11 is 0. The third-order valence-electron chi connectivity index (χ3n) is 3.87. The Morgan fingerprint density at radius 3 is 2.47 bits per heavy atom. The van der Waals surface area contributed by atoms with Gasteiger partial charge in [-0.3, -0.25) is 4.79 Å². The molecule has 1 spiro atoms. The topological polar surface area (TPSA) is 72.5 Å². The standard InChI is InChI=1S/C10H17NO4S.ClH/c1-15-9(12)8-6-11-7-10(8)2-4-16(13,14)5-3-10;/h8,11H,2-7H2,1H3;1H. The molecule has 1 atom stereocenters. The number of ether oxygens (including phenoxy) is 1. The molecule has 0 aromatic carbocycles. The average Bonchev–Trinajstić information content (AvgIpc) is 2.66. The Bertz CT molecular complexity index is 381. The lowest BCUT2D eigenvalue weighted by molar-refractivity contribution is -0.148. The van der Waals surface area contributed by atoms with Crippen LogP contribution in [-0.4, -0.2) is 46.1 Å². The molecule has 17 heavy (non-hydrogen) atoms. The van der Waals surface area contributed by atoms with Crippen LogP contribution in [0.15, 0.2) is 0 Å². The van der Waals surface area contributed by atoms with E-state index in [1.54, 1.807) is 0 Å². The second kappa shape index (κ2) is 5.12. The lowest BCUT2D eigenvalue weighted by Gasteiger charge is -2.36. The van der Waals surface area contributed by atoms with Gasteiger partial charge < -0.3 is 10.1 Å². The molecule has 0 aliphatic carbocycles. The second-order valence-corrected chi connectivity index (χ2v) is 7.02. The summed E-state index contributed by atoms with van der Waals surface area (Å²) < 4.78 is 27.6. The largest absolute Gasteiger partial charge is 0.469 e.